The van der Waals surface area contributed by atoms with Crippen LogP contribution in [0.15, 0.2) is 77.3 Å². The van der Waals surface area contributed by atoms with E-state index in [1.807, 2.05) is 60.7 Å². The van der Waals surface area contributed by atoms with Crippen molar-refractivity contribution in [2.24, 2.45) is 0 Å². The number of methoxy groups -OCH3 is 1. The molecule has 0 aliphatic rings. The summed E-state index contributed by atoms with van der Waals surface area (Å²) in [4.78, 5) is 0.677. The van der Waals surface area contributed by atoms with Gasteiger partial charge in [-0.05, 0) is 41.5 Å². The van der Waals surface area contributed by atoms with Crippen LogP contribution in [0.2, 0.25) is 0 Å². The van der Waals surface area contributed by atoms with Crippen LogP contribution in [0.3, 0.4) is 0 Å². The molecule has 0 heterocycles. The molecule has 138 valence electrons. The molecule has 0 amide bonds. The van der Waals surface area contributed by atoms with Crippen LogP contribution >= 0.6 is 28.1 Å². The van der Waals surface area contributed by atoms with E-state index in [4.69, 9.17) is 21.7 Å². The monoisotopic (exact) mass is 441 g/mol. The van der Waals surface area contributed by atoms with Crippen LogP contribution in [0.25, 0.3) is 0 Å². The molecule has 3 aromatic rings. The first-order chi connectivity index (χ1) is 13.2. The lowest BCUT2D eigenvalue weighted by Crippen LogP contribution is -2.21. The number of thiocarbonyl (C=S) groups is 1. The Labute approximate surface area is 173 Å². The lowest BCUT2D eigenvalue weighted by molar-refractivity contribution is 0.284. The van der Waals surface area contributed by atoms with Gasteiger partial charge in [0.2, 0.25) is 0 Å². The molecule has 0 bridgehead atoms. The molecule has 0 radical (unpaired) electrons. The summed E-state index contributed by atoms with van der Waals surface area (Å²) < 4.78 is 12.4. The second-order valence-electron chi connectivity index (χ2n) is 5.95. The number of rotatable bonds is 7. The third-order valence-corrected chi connectivity index (χ3v) is 4.94. The van der Waals surface area contributed by atoms with Crippen LogP contribution < -0.4 is 14.8 Å². The first kappa shape index (κ1) is 19.4. The largest absolute Gasteiger partial charge is 0.493 e. The minimum atomic E-state index is 0.472. The summed E-state index contributed by atoms with van der Waals surface area (Å²) in [6, 6.07) is 23.9. The molecule has 0 saturated carbocycles. The molecule has 0 atom stereocenters. The van der Waals surface area contributed by atoms with Crippen LogP contribution in [0.4, 0.5) is 0 Å². The Morgan fingerprint density at radius 1 is 0.926 bits per heavy atom. The second-order valence-corrected chi connectivity index (χ2v) is 7.27. The fourth-order valence-corrected chi connectivity index (χ4v) is 3.01. The maximum atomic E-state index is 5.91. The van der Waals surface area contributed by atoms with Crippen LogP contribution in [0, 0.1) is 0 Å². The highest BCUT2D eigenvalue weighted by atomic mass is 79.9. The molecule has 1 N–H and O–H groups in total. The van der Waals surface area contributed by atoms with Crippen molar-refractivity contribution in [3.05, 3.63) is 94.0 Å². The highest BCUT2D eigenvalue weighted by molar-refractivity contribution is 9.10. The Morgan fingerprint density at radius 2 is 1.67 bits per heavy atom. The van der Waals surface area contributed by atoms with Gasteiger partial charge in [0.15, 0.2) is 11.5 Å². The molecule has 0 spiro atoms. The van der Waals surface area contributed by atoms with Crippen molar-refractivity contribution in [3.8, 4) is 11.5 Å². The summed E-state index contributed by atoms with van der Waals surface area (Å²) in [5.74, 6) is 1.35. The third-order valence-electron chi connectivity index (χ3n) is 4.03. The molecule has 0 aliphatic heterocycles. The van der Waals surface area contributed by atoms with Crippen LogP contribution in [-0.2, 0) is 13.2 Å². The van der Waals surface area contributed by atoms with Crippen molar-refractivity contribution in [1.29, 1.82) is 0 Å². The van der Waals surface area contributed by atoms with Gasteiger partial charge in [-0.3, -0.25) is 0 Å². The normalized spacial score (nSPS) is 10.3. The summed E-state index contributed by atoms with van der Waals surface area (Å²) in [6.45, 7) is 1.16. The van der Waals surface area contributed by atoms with Crippen molar-refractivity contribution < 1.29 is 9.47 Å². The van der Waals surface area contributed by atoms with Gasteiger partial charge in [0, 0.05) is 16.6 Å². The van der Waals surface area contributed by atoms with E-state index in [0.29, 0.717) is 29.6 Å². The van der Waals surface area contributed by atoms with Crippen LogP contribution in [0.5, 0.6) is 11.5 Å². The summed E-state index contributed by atoms with van der Waals surface area (Å²) in [5.41, 5.74) is 3.17. The summed E-state index contributed by atoms with van der Waals surface area (Å²) in [5, 5.41) is 3.28. The zero-order valence-electron chi connectivity index (χ0n) is 14.9. The second kappa shape index (κ2) is 9.53. The van der Waals surface area contributed by atoms with Crippen molar-refractivity contribution in [2.45, 2.75) is 13.2 Å². The molecule has 0 saturated heterocycles. The first-order valence-corrected chi connectivity index (χ1v) is 9.73. The van der Waals surface area contributed by atoms with Gasteiger partial charge in [-0.1, -0.05) is 70.6 Å². The Balaban J connectivity index is 1.64. The Kier molecular flexibility index (Phi) is 6.85. The molecule has 3 aromatic carbocycles. The van der Waals surface area contributed by atoms with E-state index >= 15 is 0 Å². The molecule has 3 rings (SSSR count). The van der Waals surface area contributed by atoms with Gasteiger partial charge in [-0.15, -0.1) is 0 Å². The molecule has 0 aromatic heterocycles. The Morgan fingerprint density at radius 3 is 2.37 bits per heavy atom. The molecule has 0 aliphatic carbocycles. The van der Waals surface area contributed by atoms with Gasteiger partial charge in [0.05, 0.1) is 7.11 Å². The van der Waals surface area contributed by atoms with Crippen LogP contribution in [-0.4, -0.2) is 12.1 Å². The Bertz CT molecular complexity index is 898. The lowest BCUT2D eigenvalue weighted by atomic mass is 10.1. The molecule has 0 fully saturated rings. The number of ether oxygens (including phenoxy) is 2. The van der Waals surface area contributed by atoms with Gasteiger partial charge in [0.1, 0.15) is 11.6 Å². The van der Waals surface area contributed by atoms with Crippen molar-refractivity contribution in [3.63, 3.8) is 0 Å². The third kappa shape index (κ3) is 5.55. The molecule has 3 nitrogen and oxygen atoms in total. The fourth-order valence-electron chi connectivity index (χ4n) is 2.55. The summed E-state index contributed by atoms with van der Waals surface area (Å²) in [7, 11) is 1.63. The summed E-state index contributed by atoms with van der Waals surface area (Å²) >= 11 is 8.95. The predicted molar refractivity (Wildman–Crippen MR) is 116 cm³/mol. The van der Waals surface area contributed by atoms with Gasteiger partial charge in [-0.25, -0.2) is 0 Å². The fraction of sp³-hybridized carbons (Fsp3) is 0.136. The van der Waals surface area contributed by atoms with E-state index in [1.54, 1.807) is 7.11 Å². The van der Waals surface area contributed by atoms with E-state index in [2.05, 4.69) is 33.4 Å². The van der Waals surface area contributed by atoms with E-state index in [0.717, 1.165) is 15.6 Å². The number of hydrogen-bond donors (Lipinski definition) is 1. The SMILES string of the molecule is COc1cc(C(=S)NCc2ccccc2)ccc1OCc1ccc(Br)cc1. The van der Waals surface area contributed by atoms with E-state index in [1.165, 1.54) is 5.56 Å². The predicted octanol–water partition coefficient (Wildman–Crippen LogP) is 5.50. The molecular formula is C22H20BrNO2S. The maximum absolute atomic E-state index is 5.91. The molecule has 0 unspecified atom stereocenters. The standard InChI is InChI=1S/C22H20BrNO2S/c1-25-21-13-18(22(27)24-14-16-5-3-2-4-6-16)9-12-20(21)26-15-17-7-10-19(23)11-8-17/h2-13H,14-15H2,1H3,(H,24,27). The number of hydrogen-bond acceptors (Lipinski definition) is 3. The maximum Gasteiger partial charge on any atom is 0.161 e. The zero-order chi connectivity index (χ0) is 19.1. The molecule has 27 heavy (non-hydrogen) atoms. The van der Waals surface area contributed by atoms with Crippen molar-refractivity contribution >= 4 is 33.1 Å². The van der Waals surface area contributed by atoms with Gasteiger partial charge in [-0.2, -0.15) is 0 Å². The summed E-state index contributed by atoms with van der Waals surface area (Å²) in [6.07, 6.45) is 0. The highest BCUT2D eigenvalue weighted by Crippen LogP contribution is 2.29. The van der Waals surface area contributed by atoms with Gasteiger partial charge >= 0.3 is 0 Å². The van der Waals surface area contributed by atoms with Crippen LogP contribution in [0.1, 0.15) is 16.7 Å². The van der Waals surface area contributed by atoms with Crippen molar-refractivity contribution in [1.82, 2.24) is 5.32 Å². The van der Waals surface area contributed by atoms with E-state index in [-0.39, 0.29) is 0 Å². The first-order valence-electron chi connectivity index (χ1n) is 8.53. The Hall–Kier alpha value is -2.37. The van der Waals surface area contributed by atoms with Gasteiger partial charge < -0.3 is 14.8 Å². The lowest BCUT2D eigenvalue weighted by Gasteiger charge is -2.14. The molecule has 5 heteroatoms. The smallest absolute Gasteiger partial charge is 0.161 e. The highest BCUT2D eigenvalue weighted by Gasteiger charge is 2.09. The average molecular weight is 442 g/mol. The van der Waals surface area contributed by atoms with E-state index in [9.17, 15) is 0 Å². The number of halogens is 1. The van der Waals surface area contributed by atoms with E-state index < -0.39 is 0 Å². The van der Waals surface area contributed by atoms with Crippen molar-refractivity contribution in [2.75, 3.05) is 7.11 Å². The number of nitrogens with one attached hydrogen (secondary N) is 1. The zero-order valence-corrected chi connectivity index (χ0v) is 17.3. The average Bonchev–Trinajstić information content (AvgIpc) is 2.72. The number of benzene rings is 3. The topological polar surface area (TPSA) is 30.5 Å². The quantitative estimate of drug-likeness (QED) is 0.490. The minimum absolute atomic E-state index is 0.472. The van der Waals surface area contributed by atoms with Gasteiger partial charge in [0.25, 0.3) is 0 Å². The minimum Gasteiger partial charge on any atom is -0.493 e. The molecular weight excluding hydrogens is 422 g/mol.